The average Bonchev–Trinajstić information content (AvgIpc) is 3.14. The molecule has 1 fully saturated rings. The van der Waals surface area contributed by atoms with Crippen LogP contribution in [0.15, 0.2) is 52.8 Å². The molecule has 2 aliphatic rings. The first-order valence-corrected chi connectivity index (χ1v) is 9.21. The lowest BCUT2D eigenvalue weighted by Crippen LogP contribution is -2.56. The van der Waals surface area contributed by atoms with Crippen molar-refractivity contribution in [3.63, 3.8) is 0 Å². The molecule has 2 aliphatic heterocycles. The van der Waals surface area contributed by atoms with Crippen LogP contribution in [0.4, 0.5) is 0 Å². The van der Waals surface area contributed by atoms with Gasteiger partial charge in [-0.05, 0) is 12.1 Å². The highest BCUT2D eigenvalue weighted by Crippen LogP contribution is 2.32. The molecule has 1 aromatic heterocycles. The molecule has 2 aromatic rings. The molecule has 27 heavy (non-hydrogen) atoms. The topological polar surface area (TPSA) is 63.9 Å². The Kier molecular flexibility index (Phi) is 4.90. The highest BCUT2D eigenvalue weighted by Gasteiger charge is 2.36. The van der Waals surface area contributed by atoms with E-state index in [0.717, 1.165) is 29.9 Å². The number of benzene rings is 1. The lowest BCUT2D eigenvalue weighted by atomic mass is 9.98. The van der Waals surface area contributed by atoms with Crippen molar-refractivity contribution >= 4 is 17.6 Å². The highest BCUT2D eigenvalue weighted by molar-refractivity contribution is 6.30. The number of nitrogens with one attached hydrogen (secondary N) is 1. The number of guanidine groups is 1. The summed E-state index contributed by atoms with van der Waals surface area (Å²) >= 11 is 6.38. The van der Waals surface area contributed by atoms with Gasteiger partial charge in [-0.2, -0.15) is 5.10 Å². The first kappa shape index (κ1) is 18.0. The number of aliphatic imine (C=N–C) groups is 1. The van der Waals surface area contributed by atoms with Crippen molar-refractivity contribution in [2.75, 3.05) is 33.4 Å². The normalized spacial score (nSPS) is 22.9. The molecule has 1 unspecified atom stereocenters. The van der Waals surface area contributed by atoms with E-state index in [-0.39, 0.29) is 0 Å². The van der Waals surface area contributed by atoms with Crippen LogP contribution in [0.1, 0.15) is 5.56 Å². The molecule has 0 bridgehead atoms. The second kappa shape index (κ2) is 7.34. The Labute approximate surface area is 163 Å². The Morgan fingerprint density at radius 2 is 2.07 bits per heavy atom. The smallest absolute Gasteiger partial charge is 0.202 e. The van der Waals surface area contributed by atoms with Crippen molar-refractivity contribution in [2.45, 2.75) is 5.72 Å². The zero-order valence-electron chi connectivity index (χ0n) is 15.4. The Morgan fingerprint density at radius 3 is 2.78 bits per heavy atom. The SMILES string of the molecule is COC1(c2cccc(-c3ccn(C)n3)c2)C=C(Cl)N=C(N2CCOCC2)N1. The third-order valence-electron chi connectivity index (χ3n) is 4.77. The minimum absolute atomic E-state index is 0.389. The Bertz CT molecular complexity index is 888. The monoisotopic (exact) mass is 387 g/mol. The number of aromatic nitrogens is 2. The van der Waals surface area contributed by atoms with E-state index in [0.29, 0.717) is 24.3 Å². The molecule has 7 nitrogen and oxygen atoms in total. The molecule has 4 rings (SSSR count). The zero-order chi connectivity index (χ0) is 18.9. The van der Waals surface area contributed by atoms with Crippen molar-refractivity contribution in [3.05, 3.63) is 53.3 Å². The van der Waals surface area contributed by atoms with Gasteiger partial charge in [-0.3, -0.25) is 4.68 Å². The summed E-state index contributed by atoms with van der Waals surface area (Å²) in [4.78, 5) is 6.59. The van der Waals surface area contributed by atoms with Crippen LogP contribution in [0.3, 0.4) is 0 Å². The van der Waals surface area contributed by atoms with Gasteiger partial charge in [0, 0.05) is 50.6 Å². The molecule has 1 saturated heterocycles. The summed E-state index contributed by atoms with van der Waals surface area (Å²) in [5, 5.41) is 8.31. The van der Waals surface area contributed by atoms with E-state index >= 15 is 0 Å². The predicted octanol–water partition coefficient (Wildman–Crippen LogP) is 2.26. The van der Waals surface area contributed by atoms with Gasteiger partial charge in [-0.1, -0.05) is 29.8 Å². The Hall–Kier alpha value is -2.35. The van der Waals surface area contributed by atoms with Crippen LogP contribution in [0.2, 0.25) is 0 Å². The van der Waals surface area contributed by atoms with Gasteiger partial charge < -0.3 is 19.7 Å². The van der Waals surface area contributed by atoms with E-state index in [1.165, 1.54) is 0 Å². The van der Waals surface area contributed by atoms with Gasteiger partial charge in [0.1, 0.15) is 5.16 Å². The Morgan fingerprint density at radius 1 is 1.26 bits per heavy atom. The third-order valence-corrected chi connectivity index (χ3v) is 4.96. The number of halogens is 1. The fourth-order valence-electron chi connectivity index (χ4n) is 3.32. The van der Waals surface area contributed by atoms with Crippen LogP contribution in [-0.2, 0) is 22.2 Å². The van der Waals surface area contributed by atoms with E-state index in [1.807, 2.05) is 37.5 Å². The molecule has 0 radical (unpaired) electrons. The van der Waals surface area contributed by atoms with Crippen LogP contribution >= 0.6 is 11.6 Å². The fraction of sp³-hybridized carbons (Fsp3) is 0.368. The number of hydrogen-bond acceptors (Lipinski definition) is 6. The molecule has 0 aliphatic carbocycles. The summed E-state index contributed by atoms with van der Waals surface area (Å²) in [5.41, 5.74) is 1.92. The number of ether oxygens (including phenoxy) is 2. The van der Waals surface area contributed by atoms with Crippen molar-refractivity contribution < 1.29 is 9.47 Å². The van der Waals surface area contributed by atoms with Gasteiger partial charge in [-0.25, -0.2) is 4.99 Å². The van der Waals surface area contributed by atoms with E-state index in [9.17, 15) is 0 Å². The minimum Gasteiger partial charge on any atom is -0.378 e. The van der Waals surface area contributed by atoms with E-state index in [1.54, 1.807) is 17.9 Å². The molecule has 8 heteroatoms. The van der Waals surface area contributed by atoms with Gasteiger partial charge in [0.2, 0.25) is 5.96 Å². The molecular formula is C19H22ClN5O2. The molecule has 1 atom stereocenters. The molecular weight excluding hydrogens is 366 g/mol. The first-order valence-electron chi connectivity index (χ1n) is 8.83. The lowest BCUT2D eigenvalue weighted by Gasteiger charge is -2.39. The summed E-state index contributed by atoms with van der Waals surface area (Å²) < 4.78 is 13.1. The van der Waals surface area contributed by atoms with Gasteiger partial charge in [0.25, 0.3) is 0 Å². The molecule has 0 amide bonds. The first-order chi connectivity index (χ1) is 13.1. The summed E-state index contributed by atoms with van der Waals surface area (Å²) in [5.74, 6) is 0.691. The van der Waals surface area contributed by atoms with Crippen LogP contribution < -0.4 is 5.32 Å². The van der Waals surface area contributed by atoms with E-state index in [4.69, 9.17) is 21.1 Å². The second-order valence-corrected chi connectivity index (χ2v) is 6.91. The molecule has 142 valence electrons. The number of aryl methyl sites for hydroxylation is 1. The van der Waals surface area contributed by atoms with Gasteiger partial charge in [0.05, 0.1) is 18.9 Å². The van der Waals surface area contributed by atoms with E-state index in [2.05, 4.69) is 26.4 Å². The number of methoxy groups -OCH3 is 1. The molecule has 1 N–H and O–H groups in total. The number of rotatable bonds is 3. The third kappa shape index (κ3) is 3.58. The fourth-order valence-corrected chi connectivity index (χ4v) is 3.55. The maximum atomic E-state index is 6.38. The molecule has 1 aromatic carbocycles. The Balaban J connectivity index is 1.69. The van der Waals surface area contributed by atoms with Gasteiger partial charge in [-0.15, -0.1) is 0 Å². The summed E-state index contributed by atoms with van der Waals surface area (Å²) in [6, 6.07) is 10.1. The van der Waals surface area contributed by atoms with Gasteiger partial charge in [0.15, 0.2) is 5.72 Å². The van der Waals surface area contributed by atoms with Crippen LogP contribution in [-0.4, -0.2) is 54.1 Å². The second-order valence-electron chi connectivity index (χ2n) is 6.52. The predicted molar refractivity (Wildman–Crippen MR) is 104 cm³/mol. The quantitative estimate of drug-likeness (QED) is 0.818. The van der Waals surface area contributed by atoms with Crippen LogP contribution in [0.5, 0.6) is 0 Å². The zero-order valence-corrected chi connectivity index (χ0v) is 16.1. The summed E-state index contributed by atoms with van der Waals surface area (Å²) in [6.45, 7) is 2.84. The maximum absolute atomic E-state index is 6.38. The standard InChI is InChI=1S/C19H22ClN5O2/c1-24-7-6-16(23-24)14-4-3-5-15(12-14)19(26-2)13-17(20)21-18(22-19)25-8-10-27-11-9-25/h3-7,12-13H,8-11H2,1-2H3,(H,21,22). The summed E-state index contributed by atoms with van der Waals surface area (Å²) in [6.07, 6.45) is 3.71. The van der Waals surface area contributed by atoms with Crippen molar-refractivity contribution in [1.29, 1.82) is 0 Å². The van der Waals surface area contributed by atoms with Crippen LogP contribution in [0, 0.1) is 0 Å². The van der Waals surface area contributed by atoms with Gasteiger partial charge >= 0.3 is 0 Å². The largest absolute Gasteiger partial charge is 0.378 e. The highest BCUT2D eigenvalue weighted by atomic mass is 35.5. The van der Waals surface area contributed by atoms with Crippen LogP contribution in [0.25, 0.3) is 11.3 Å². The minimum atomic E-state index is -0.905. The number of morpholine rings is 1. The molecule has 3 heterocycles. The van der Waals surface area contributed by atoms with E-state index < -0.39 is 5.72 Å². The number of nitrogens with zero attached hydrogens (tertiary/aromatic N) is 4. The van der Waals surface area contributed by atoms with Crippen molar-refractivity contribution in [2.24, 2.45) is 12.0 Å². The van der Waals surface area contributed by atoms with Crippen molar-refractivity contribution in [1.82, 2.24) is 20.0 Å². The lowest BCUT2D eigenvalue weighted by molar-refractivity contribution is 0.00629. The molecule has 0 saturated carbocycles. The maximum Gasteiger partial charge on any atom is 0.202 e. The van der Waals surface area contributed by atoms with Crippen molar-refractivity contribution in [3.8, 4) is 11.3 Å². The summed E-state index contributed by atoms with van der Waals surface area (Å²) in [7, 11) is 3.56. The average molecular weight is 388 g/mol. The number of hydrogen-bond donors (Lipinski definition) is 1. The molecule has 0 spiro atoms.